The number of fused-ring (bicyclic) bond motifs is 1. The Morgan fingerprint density at radius 2 is 2.05 bits per heavy atom. The standard InChI is InChI=1S/C16H20N2S2/c1-2-11-7-8-12(20-11)9-15(18-17)14-10-19-16-6-4-3-5-13(14)16/h3-8,14-15,18H,2,9-10,17H2,1H3. The first-order valence-electron chi connectivity index (χ1n) is 7.07. The van der Waals surface area contributed by atoms with E-state index >= 15 is 0 Å². The summed E-state index contributed by atoms with van der Waals surface area (Å²) in [5, 5.41) is 0. The van der Waals surface area contributed by atoms with Crippen molar-refractivity contribution < 1.29 is 0 Å². The smallest absolute Gasteiger partial charge is 0.0335 e. The highest BCUT2D eigenvalue weighted by Crippen LogP contribution is 2.41. The number of hydrazine groups is 1. The monoisotopic (exact) mass is 304 g/mol. The Bertz CT molecular complexity index is 579. The maximum Gasteiger partial charge on any atom is 0.0335 e. The number of hydrogen-bond donors (Lipinski definition) is 2. The number of nitrogens with one attached hydrogen (secondary N) is 1. The van der Waals surface area contributed by atoms with Gasteiger partial charge in [0.15, 0.2) is 0 Å². The molecule has 0 amide bonds. The zero-order valence-electron chi connectivity index (χ0n) is 11.6. The fourth-order valence-corrected chi connectivity index (χ4v) is 5.12. The number of rotatable bonds is 5. The van der Waals surface area contributed by atoms with Crippen LogP contribution in [0, 0.1) is 0 Å². The Hall–Kier alpha value is -0.810. The molecule has 2 nitrogen and oxygen atoms in total. The molecule has 0 saturated heterocycles. The fraction of sp³-hybridized carbons (Fsp3) is 0.375. The van der Waals surface area contributed by atoms with Crippen LogP contribution in [0.1, 0.15) is 28.2 Å². The minimum absolute atomic E-state index is 0.314. The molecule has 0 radical (unpaired) electrons. The number of thiophene rings is 1. The van der Waals surface area contributed by atoms with Gasteiger partial charge in [-0.15, -0.1) is 23.1 Å². The van der Waals surface area contributed by atoms with Crippen LogP contribution in [0.2, 0.25) is 0 Å². The van der Waals surface area contributed by atoms with E-state index in [9.17, 15) is 0 Å². The van der Waals surface area contributed by atoms with E-state index in [1.54, 1.807) is 0 Å². The normalized spacial score (nSPS) is 19.0. The van der Waals surface area contributed by atoms with Crippen molar-refractivity contribution in [3.63, 3.8) is 0 Å². The van der Waals surface area contributed by atoms with Crippen molar-refractivity contribution in [2.24, 2.45) is 5.84 Å². The van der Waals surface area contributed by atoms with Gasteiger partial charge in [0.2, 0.25) is 0 Å². The van der Waals surface area contributed by atoms with Crippen LogP contribution in [0.5, 0.6) is 0 Å². The molecule has 2 unspecified atom stereocenters. The maximum absolute atomic E-state index is 5.84. The van der Waals surface area contributed by atoms with E-state index in [4.69, 9.17) is 5.84 Å². The van der Waals surface area contributed by atoms with E-state index in [0.717, 1.165) is 18.6 Å². The molecule has 106 valence electrons. The van der Waals surface area contributed by atoms with Gasteiger partial charge in [-0.3, -0.25) is 11.3 Å². The van der Waals surface area contributed by atoms with Gasteiger partial charge in [0.1, 0.15) is 0 Å². The molecule has 0 aliphatic carbocycles. The van der Waals surface area contributed by atoms with Crippen molar-refractivity contribution in [3.05, 3.63) is 51.7 Å². The minimum Gasteiger partial charge on any atom is -0.271 e. The predicted molar refractivity (Wildman–Crippen MR) is 88.4 cm³/mol. The van der Waals surface area contributed by atoms with Crippen molar-refractivity contribution in [2.45, 2.75) is 36.6 Å². The van der Waals surface area contributed by atoms with E-state index in [1.165, 1.54) is 20.2 Å². The molecule has 20 heavy (non-hydrogen) atoms. The van der Waals surface area contributed by atoms with Gasteiger partial charge in [-0.25, -0.2) is 0 Å². The minimum atomic E-state index is 0.314. The number of benzene rings is 1. The van der Waals surface area contributed by atoms with Crippen molar-refractivity contribution in [1.82, 2.24) is 5.43 Å². The average molecular weight is 304 g/mol. The van der Waals surface area contributed by atoms with Crippen LogP contribution in [-0.4, -0.2) is 11.8 Å². The lowest BCUT2D eigenvalue weighted by molar-refractivity contribution is 0.465. The molecule has 0 fully saturated rings. The summed E-state index contributed by atoms with van der Waals surface area (Å²) < 4.78 is 0. The molecule has 2 atom stereocenters. The van der Waals surface area contributed by atoms with Crippen molar-refractivity contribution in [1.29, 1.82) is 0 Å². The van der Waals surface area contributed by atoms with Gasteiger partial charge in [0.05, 0.1) is 0 Å². The van der Waals surface area contributed by atoms with E-state index in [2.05, 4.69) is 48.7 Å². The molecule has 2 aromatic rings. The molecule has 3 N–H and O–H groups in total. The molecule has 3 rings (SSSR count). The van der Waals surface area contributed by atoms with Crippen LogP contribution in [0.25, 0.3) is 0 Å². The SMILES string of the molecule is CCc1ccc(CC(NN)C2CSc3ccccc32)s1. The van der Waals surface area contributed by atoms with Gasteiger partial charge in [-0.2, -0.15) is 0 Å². The van der Waals surface area contributed by atoms with Gasteiger partial charge in [0.25, 0.3) is 0 Å². The Labute approximate surface area is 128 Å². The van der Waals surface area contributed by atoms with Gasteiger partial charge < -0.3 is 0 Å². The van der Waals surface area contributed by atoms with Crippen molar-refractivity contribution in [3.8, 4) is 0 Å². The first kappa shape index (κ1) is 14.1. The van der Waals surface area contributed by atoms with Crippen LogP contribution >= 0.6 is 23.1 Å². The van der Waals surface area contributed by atoms with E-state index < -0.39 is 0 Å². The highest BCUT2D eigenvalue weighted by atomic mass is 32.2. The predicted octanol–water partition coefficient (Wildman–Crippen LogP) is 3.57. The van der Waals surface area contributed by atoms with E-state index in [1.807, 2.05) is 23.1 Å². The lowest BCUT2D eigenvalue weighted by atomic mass is 9.91. The largest absolute Gasteiger partial charge is 0.271 e. The third-order valence-electron chi connectivity index (χ3n) is 3.92. The Kier molecular flexibility index (Phi) is 4.46. The fourth-order valence-electron chi connectivity index (χ4n) is 2.78. The van der Waals surface area contributed by atoms with Gasteiger partial charge in [-0.1, -0.05) is 25.1 Å². The summed E-state index contributed by atoms with van der Waals surface area (Å²) in [4.78, 5) is 4.30. The zero-order valence-corrected chi connectivity index (χ0v) is 13.3. The molecule has 1 aromatic heterocycles. The van der Waals surface area contributed by atoms with Crippen LogP contribution in [0.3, 0.4) is 0 Å². The Balaban J connectivity index is 1.77. The molecule has 0 bridgehead atoms. The molecule has 1 aromatic carbocycles. The summed E-state index contributed by atoms with van der Waals surface area (Å²) in [5.74, 6) is 7.48. The topological polar surface area (TPSA) is 38.0 Å². The number of thioether (sulfide) groups is 1. The second-order valence-electron chi connectivity index (χ2n) is 5.15. The number of aryl methyl sites for hydroxylation is 1. The van der Waals surface area contributed by atoms with Crippen LogP contribution in [0.15, 0.2) is 41.3 Å². The summed E-state index contributed by atoms with van der Waals surface area (Å²) in [5.41, 5.74) is 4.51. The maximum atomic E-state index is 5.84. The lowest BCUT2D eigenvalue weighted by Crippen LogP contribution is -2.41. The summed E-state index contributed by atoms with van der Waals surface area (Å²) in [6.45, 7) is 2.21. The Morgan fingerprint density at radius 1 is 1.25 bits per heavy atom. The van der Waals surface area contributed by atoms with Crippen molar-refractivity contribution in [2.75, 3.05) is 5.75 Å². The molecule has 4 heteroatoms. The molecule has 1 aliphatic heterocycles. The summed E-state index contributed by atoms with van der Waals surface area (Å²) >= 11 is 3.86. The molecular formula is C16H20N2S2. The first-order chi connectivity index (χ1) is 9.81. The second kappa shape index (κ2) is 6.31. The highest BCUT2D eigenvalue weighted by Gasteiger charge is 2.29. The van der Waals surface area contributed by atoms with Gasteiger partial charge in [-0.05, 0) is 36.6 Å². The number of hydrogen-bond acceptors (Lipinski definition) is 4. The third-order valence-corrected chi connectivity index (χ3v) is 6.38. The summed E-state index contributed by atoms with van der Waals surface area (Å²) in [6.07, 6.45) is 2.13. The van der Waals surface area contributed by atoms with Gasteiger partial charge in [0, 0.05) is 32.4 Å². The second-order valence-corrected chi connectivity index (χ2v) is 7.47. The summed E-state index contributed by atoms with van der Waals surface area (Å²) in [7, 11) is 0. The van der Waals surface area contributed by atoms with Crippen LogP contribution in [0.4, 0.5) is 0 Å². The highest BCUT2D eigenvalue weighted by molar-refractivity contribution is 7.99. The summed E-state index contributed by atoms with van der Waals surface area (Å²) in [6, 6.07) is 13.5. The van der Waals surface area contributed by atoms with Crippen LogP contribution < -0.4 is 11.3 Å². The van der Waals surface area contributed by atoms with E-state index in [0.29, 0.717) is 12.0 Å². The molecule has 2 heterocycles. The molecule has 1 aliphatic rings. The molecular weight excluding hydrogens is 284 g/mol. The number of nitrogens with two attached hydrogens (primary N) is 1. The van der Waals surface area contributed by atoms with E-state index in [-0.39, 0.29) is 0 Å². The Morgan fingerprint density at radius 3 is 2.80 bits per heavy atom. The average Bonchev–Trinajstić information content (AvgIpc) is 3.11. The third kappa shape index (κ3) is 2.79. The lowest BCUT2D eigenvalue weighted by Gasteiger charge is -2.22. The molecule has 0 saturated carbocycles. The van der Waals surface area contributed by atoms with Crippen LogP contribution in [-0.2, 0) is 12.8 Å². The zero-order chi connectivity index (χ0) is 13.9. The quantitative estimate of drug-likeness (QED) is 0.655. The molecule has 0 spiro atoms. The van der Waals surface area contributed by atoms with Gasteiger partial charge >= 0.3 is 0 Å². The first-order valence-corrected chi connectivity index (χ1v) is 8.87. The van der Waals surface area contributed by atoms with Crippen molar-refractivity contribution >= 4 is 23.1 Å².